The molecule has 0 radical (unpaired) electrons. The molecule has 1 aliphatic carbocycles. The Morgan fingerprint density at radius 2 is 1.96 bits per heavy atom. The van der Waals surface area contributed by atoms with Gasteiger partial charge >= 0.3 is 5.97 Å². The van der Waals surface area contributed by atoms with Gasteiger partial charge in [-0.1, -0.05) is 49.6 Å². The number of nitrogens with one attached hydrogen (secondary N) is 2. The summed E-state index contributed by atoms with van der Waals surface area (Å²) >= 11 is 0. The molecule has 0 spiro atoms. The Bertz CT molecular complexity index is 620. The minimum absolute atomic E-state index is 0. The molecule has 2 aliphatic rings. The number of carbonyl (C=O) groups excluding carboxylic acids is 1. The van der Waals surface area contributed by atoms with E-state index in [0.717, 1.165) is 57.6 Å². The van der Waals surface area contributed by atoms with Crippen LogP contribution in [-0.4, -0.2) is 43.3 Å². The van der Waals surface area contributed by atoms with Gasteiger partial charge in [-0.3, -0.25) is 4.99 Å². The number of hydrogen-bond acceptors (Lipinski definition) is 6. The third-order valence-electron chi connectivity index (χ3n) is 5.25. The summed E-state index contributed by atoms with van der Waals surface area (Å²) in [6, 6.07) is 9.22. The van der Waals surface area contributed by atoms with Crippen molar-refractivity contribution in [3.8, 4) is 0 Å². The third kappa shape index (κ3) is 5.36. The van der Waals surface area contributed by atoms with E-state index in [9.17, 15) is 9.90 Å². The van der Waals surface area contributed by atoms with Crippen LogP contribution in [0, 0.1) is 5.92 Å². The maximum absolute atomic E-state index is 12.9. The van der Waals surface area contributed by atoms with E-state index in [0.29, 0.717) is 12.1 Å². The first-order valence-corrected chi connectivity index (χ1v) is 9.68. The molecule has 1 aromatic rings. The molecule has 1 unspecified atom stereocenters. The Kier molecular flexibility index (Phi) is 8.38. The summed E-state index contributed by atoms with van der Waals surface area (Å²) in [7, 11) is 0. The van der Waals surface area contributed by atoms with Gasteiger partial charge in [-0.05, 0) is 24.8 Å². The van der Waals surface area contributed by atoms with Gasteiger partial charge in [0.05, 0.1) is 6.54 Å². The SMILES string of the molecule is Cl.O=C(OCCNC1=NCCCN1)C(O)(c1ccccc1)C1CCCCC1. The maximum atomic E-state index is 12.9. The number of rotatable bonds is 6. The number of aliphatic imine (C=N–C) groups is 1. The van der Waals surface area contributed by atoms with E-state index in [1.807, 2.05) is 30.3 Å². The number of aliphatic hydroxyl groups is 1. The predicted molar refractivity (Wildman–Crippen MR) is 108 cm³/mol. The molecule has 6 nitrogen and oxygen atoms in total. The molecule has 1 fully saturated rings. The van der Waals surface area contributed by atoms with Crippen LogP contribution in [0.5, 0.6) is 0 Å². The van der Waals surface area contributed by atoms with Gasteiger partial charge in [0.15, 0.2) is 11.6 Å². The molecule has 1 atom stereocenters. The Labute approximate surface area is 167 Å². The fraction of sp³-hybridized carbons (Fsp3) is 0.600. The minimum atomic E-state index is -1.57. The van der Waals surface area contributed by atoms with Crippen LogP contribution in [0.25, 0.3) is 0 Å². The Morgan fingerprint density at radius 1 is 1.22 bits per heavy atom. The number of guanidine groups is 1. The molecular formula is C20H30ClN3O3. The largest absolute Gasteiger partial charge is 0.461 e. The molecule has 0 bridgehead atoms. The molecule has 0 aromatic heterocycles. The normalized spacial score (nSPS) is 19.7. The summed E-state index contributed by atoms with van der Waals surface area (Å²) in [5.74, 6) is 0.109. The molecule has 1 saturated carbocycles. The van der Waals surface area contributed by atoms with Crippen LogP contribution in [0.4, 0.5) is 0 Å². The lowest BCUT2D eigenvalue weighted by Gasteiger charge is -2.36. The van der Waals surface area contributed by atoms with Gasteiger partial charge in [0.25, 0.3) is 0 Å². The number of benzene rings is 1. The number of carbonyl (C=O) groups is 1. The van der Waals surface area contributed by atoms with E-state index in [1.165, 1.54) is 0 Å². The molecule has 150 valence electrons. The summed E-state index contributed by atoms with van der Waals surface area (Å²) in [6.07, 6.45) is 5.97. The van der Waals surface area contributed by atoms with Gasteiger partial charge in [-0.2, -0.15) is 0 Å². The van der Waals surface area contributed by atoms with Crippen molar-refractivity contribution in [3.05, 3.63) is 35.9 Å². The van der Waals surface area contributed by atoms with Crippen molar-refractivity contribution in [2.75, 3.05) is 26.2 Å². The Hall–Kier alpha value is -1.79. The topological polar surface area (TPSA) is 83.0 Å². The first-order valence-electron chi connectivity index (χ1n) is 9.68. The molecule has 0 amide bonds. The molecule has 27 heavy (non-hydrogen) atoms. The molecule has 1 aromatic carbocycles. The van der Waals surface area contributed by atoms with Crippen molar-refractivity contribution >= 4 is 24.3 Å². The monoisotopic (exact) mass is 395 g/mol. The highest BCUT2D eigenvalue weighted by molar-refractivity contribution is 5.85. The summed E-state index contributed by atoms with van der Waals surface area (Å²) in [5, 5.41) is 17.7. The standard InChI is InChI=1S/C20H29N3O3.ClH/c24-18(26-15-14-23-19-21-12-7-13-22-19)20(25,16-8-3-1-4-9-16)17-10-5-2-6-11-17;/h1,3-4,8-9,17,25H,2,5-7,10-15H2,(H2,21,22,23);1H. The fourth-order valence-electron chi connectivity index (χ4n) is 3.81. The lowest BCUT2D eigenvalue weighted by atomic mass is 9.73. The first-order chi connectivity index (χ1) is 12.7. The zero-order chi connectivity index (χ0) is 18.2. The van der Waals surface area contributed by atoms with Crippen LogP contribution in [0.15, 0.2) is 35.3 Å². The van der Waals surface area contributed by atoms with Crippen molar-refractivity contribution < 1.29 is 14.6 Å². The van der Waals surface area contributed by atoms with Crippen molar-refractivity contribution in [2.45, 2.75) is 44.1 Å². The average Bonchev–Trinajstić information content (AvgIpc) is 2.72. The van der Waals surface area contributed by atoms with Gasteiger partial charge in [0.2, 0.25) is 0 Å². The van der Waals surface area contributed by atoms with Crippen molar-refractivity contribution in [3.63, 3.8) is 0 Å². The number of ether oxygens (including phenoxy) is 1. The lowest BCUT2D eigenvalue weighted by molar-refractivity contribution is -0.175. The van der Waals surface area contributed by atoms with Crippen LogP contribution in [0.3, 0.4) is 0 Å². The van der Waals surface area contributed by atoms with Gasteiger partial charge < -0.3 is 20.5 Å². The Morgan fingerprint density at radius 3 is 2.63 bits per heavy atom. The summed E-state index contributed by atoms with van der Waals surface area (Å²) in [6.45, 7) is 2.38. The molecule has 3 N–H and O–H groups in total. The number of esters is 1. The zero-order valence-electron chi connectivity index (χ0n) is 15.7. The second-order valence-corrected chi connectivity index (χ2v) is 7.04. The van der Waals surface area contributed by atoms with E-state index in [2.05, 4.69) is 15.6 Å². The Balaban J connectivity index is 0.00000261. The van der Waals surface area contributed by atoms with Gasteiger partial charge in [0.1, 0.15) is 6.61 Å². The predicted octanol–water partition coefficient (Wildman–Crippen LogP) is 2.36. The fourth-order valence-corrected chi connectivity index (χ4v) is 3.81. The highest BCUT2D eigenvalue weighted by Gasteiger charge is 2.47. The second kappa shape index (κ2) is 10.5. The summed E-state index contributed by atoms with van der Waals surface area (Å²) < 4.78 is 5.47. The third-order valence-corrected chi connectivity index (χ3v) is 5.25. The molecule has 7 heteroatoms. The van der Waals surface area contributed by atoms with Crippen LogP contribution in [0.2, 0.25) is 0 Å². The molecule has 3 rings (SSSR count). The highest BCUT2D eigenvalue weighted by Crippen LogP contribution is 2.40. The summed E-state index contributed by atoms with van der Waals surface area (Å²) in [4.78, 5) is 17.2. The smallest absolute Gasteiger partial charge is 0.343 e. The molecule has 1 heterocycles. The quantitative estimate of drug-likeness (QED) is 0.508. The first kappa shape index (κ1) is 21.5. The zero-order valence-corrected chi connectivity index (χ0v) is 16.5. The van der Waals surface area contributed by atoms with E-state index in [-0.39, 0.29) is 24.9 Å². The minimum Gasteiger partial charge on any atom is -0.461 e. The van der Waals surface area contributed by atoms with E-state index in [1.54, 1.807) is 0 Å². The van der Waals surface area contributed by atoms with E-state index >= 15 is 0 Å². The number of hydrogen-bond donors (Lipinski definition) is 3. The molecular weight excluding hydrogens is 366 g/mol. The van der Waals surface area contributed by atoms with Crippen LogP contribution in [0.1, 0.15) is 44.1 Å². The number of halogens is 1. The highest BCUT2D eigenvalue weighted by atomic mass is 35.5. The molecule has 1 aliphatic heterocycles. The average molecular weight is 396 g/mol. The second-order valence-electron chi connectivity index (χ2n) is 7.04. The lowest BCUT2D eigenvalue weighted by Crippen LogP contribution is -2.46. The van der Waals surface area contributed by atoms with Crippen molar-refractivity contribution in [1.82, 2.24) is 10.6 Å². The molecule has 0 saturated heterocycles. The van der Waals surface area contributed by atoms with Gasteiger partial charge in [0, 0.05) is 19.0 Å². The van der Waals surface area contributed by atoms with E-state index < -0.39 is 11.6 Å². The van der Waals surface area contributed by atoms with Gasteiger partial charge in [-0.15, -0.1) is 12.4 Å². The van der Waals surface area contributed by atoms with Crippen molar-refractivity contribution in [1.29, 1.82) is 0 Å². The van der Waals surface area contributed by atoms with Crippen molar-refractivity contribution in [2.24, 2.45) is 10.9 Å². The van der Waals surface area contributed by atoms with Crippen LogP contribution in [-0.2, 0) is 15.1 Å². The van der Waals surface area contributed by atoms with Crippen LogP contribution < -0.4 is 10.6 Å². The maximum Gasteiger partial charge on any atom is 0.343 e. The van der Waals surface area contributed by atoms with E-state index in [4.69, 9.17) is 4.74 Å². The van der Waals surface area contributed by atoms with Crippen LogP contribution >= 0.6 is 12.4 Å². The summed E-state index contributed by atoms with van der Waals surface area (Å²) in [5.41, 5.74) is -0.939. The van der Waals surface area contributed by atoms with Gasteiger partial charge in [-0.25, -0.2) is 4.79 Å². The number of nitrogens with zero attached hydrogens (tertiary/aromatic N) is 1.